The molecule has 0 fully saturated rings. The van der Waals surface area contributed by atoms with Crippen LogP contribution in [0.1, 0.15) is 162 Å². The number of hydrogen-bond donors (Lipinski definition) is 1. The number of carbonyl (C=O) groups excluding carboxylic acids is 1. The van der Waals surface area contributed by atoms with Crippen molar-refractivity contribution in [2.75, 3.05) is 6.61 Å². The summed E-state index contributed by atoms with van der Waals surface area (Å²) in [7, 11) is 0. The summed E-state index contributed by atoms with van der Waals surface area (Å²) in [5.41, 5.74) is 0. The lowest BCUT2D eigenvalue weighted by atomic mass is 9.97. The predicted octanol–water partition coefficient (Wildman–Crippen LogP) is 9.80. The fraction of sp³-hybridized carbons (Fsp3) is 0.871. The number of allylic oxidation sites excluding steroid dienone is 2. The molecule has 4 nitrogen and oxygen atoms in total. The topological polar surface area (TPSA) is 63.6 Å². The van der Waals surface area contributed by atoms with Gasteiger partial charge in [-0.05, 0) is 38.5 Å². The van der Waals surface area contributed by atoms with E-state index in [0.717, 1.165) is 25.7 Å². The standard InChI is InChI=1S/C31H58O4/c1-3-5-6-7-8-9-10-11-12-13-14-15-16-17-18-19-20-21-22-23-24-25-26-29(31(33)34)28-30(32)35-27-4-2/h17-18,29H,3-16,19-28H2,1-2H3,(H,33,34)/b18-17+. The Morgan fingerprint density at radius 2 is 1.06 bits per heavy atom. The van der Waals surface area contributed by atoms with Crippen LogP contribution in [0.2, 0.25) is 0 Å². The van der Waals surface area contributed by atoms with Crippen molar-refractivity contribution >= 4 is 11.9 Å². The molecule has 0 aliphatic rings. The van der Waals surface area contributed by atoms with Gasteiger partial charge in [-0.3, -0.25) is 9.59 Å². The maximum absolute atomic E-state index is 11.6. The molecule has 0 bridgehead atoms. The summed E-state index contributed by atoms with van der Waals surface area (Å²) in [4.78, 5) is 23.0. The summed E-state index contributed by atoms with van der Waals surface area (Å²) < 4.78 is 5.02. The molecule has 0 spiro atoms. The Morgan fingerprint density at radius 3 is 1.49 bits per heavy atom. The molecule has 0 aliphatic heterocycles. The van der Waals surface area contributed by atoms with E-state index in [-0.39, 0.29) is 12.4 Å². The summed E-state index contributed by atoms with van der Waals surface area (Å²) in [6.07, 6.45) is 32.1. The van der Waals surface area contributed by atoms with Gasteiger partial charge in [-0.2, -0.15) is 0 Å². The second kappa shape index (κ2) is 27.3. The maximum atomic E-state index is 11.6. The highest BCUT2D eigenvalue weighted by Gasteiger charge is 2.21. The average Bonchev–Trinajstić information content (AvgIpc) is 2.84. The number of unbranched alkanes of at least 4 members (excludes halogenated alkanes) is 18. The zero-order valence-corrected chi connectivity index (χ0v) is 23.4. The lowest BCUT2D eigenvalue weighted by Crippen LogP contribution is -2.19. The third-order valence-electron chi connectivity index (χ3n) is 6.79. The van der Waals surface area contributed by atoms with Crippen molar-refractivity contribution in [1.82, 2.24) is 0 Å². The number of carboxylic acids is 1. The third-order valence-corrected chi connectivity index (χ3v) is 6.79. The number of esters is 1. The first-order chi connectivity index (χ1) is 17.1. The molecule has 0 saturated heterocycles. The van der Waals surface area contributed by atoms with Crippen LogP contribution in [0.25, 0.3) is 0 Å². The Bertz CT molecular complexity index is 500. The highest BCUT2D eigenvalue weighted by Crippen LogP contribution is 2.17. The molecule has 0 radical (unpaired) electrons. The van der Waals surface area contributed by atoms with Crippen LogP contribution in [-0.4, -0.2) is 23.7 Å². The van der Waals surface area contributed by atoms with Gasteiger partial charge in [-0.25, -0.2) is 0 Å². The Balaban J connectivity index is 3.39. The van der Waals surface area contributed by atoms with Crippen molar-refractivity contribution < 1.29 is 19.4 Å². The number of hydrogen-bond acceptors (Lipinski definition) is 3. The second-order valence-electron chi connectivity index (χ2n) is 10.3. The molecule has 0 aromatic heterocycles. The largest absolute Gasteiger partial charge is 0.481 e. The molecular formula is C31H58O4. The molecule has 0 heterocycles. The molecule has 1 unspecified atom stereocenters. The van der Waals surface area contributed by atoms with Crippen LogP contribution in [-0.2, 0) is 14.3 Å². The van der Waals surface area contributed by atoms with Crippen LogP contribution in [0.4, 0.5) is 0 Å². The first kappa shape index (κ1) is 33.7. The predicted molar refractivity (Wildman–Crippen MR) is 149 cm³/mol. The quantitative estimate of drug-likeness (QED) is 0.0701. The Hall–Kier alpha value is -1.32. The molecule has 0 saturated carbocycles. The lowest BCUT2D eigenvalue weighted by Gasteiger charge is -2.11. The molecule has 0 aromatic carbocycles. The van der Waals surface area contributed by atoms with Gasteiger partial charge in [0, 0.05) is 0 Å². The molecule has 35 heavy (non-hydrogen) atoms. The first-order valence-electron chi connectivity index (χ1n) is 15.1. The minimum Gasteiger partial charge on any atom is -0.481 e. The van der Waals surface area contributed by atoms with Gasteiger partial charge in [0.05, 0.1) is 18.9 Å². The van der Waals surface area contributed by atoms with Gasteiger partial charge in [0.1, 0.15) is 0 Å². The van der Waals surface area contributed by atoms with Crippen LogP contribution >= 0.6 is 0 Å². The van der Waals surface area contributed by atoms with E-state index in [1.54, 1.807) is 0 Å². The second-order valence-corrected chi connectivity index (χ2v) is 10.3. The minimum atomic E-state index is -0.881. The highest BCUT2D eigenvalue weighted by atomic mass is 16.5. The van der Waals surface area contributed by atoms with Gasteiger partial charge in [-0.1, -0.05) is 129 Å². The van der Waals surface area contributed by atoms with Crippen molar-refractivity contribution in [2.45, 2.75) is 162 Å². The molecule has 206 valence electrons. The van der Waals surface area contributed by atoms with Crippen LogP contribution in [0.5, 0.6) is 0 Å². The van der Waals surface area contributed by atoms with Gasteiger partial charge in [0.15, 0.2) is 0 Å². The number of ether oxygens (including phenoxy) is 1. The Morgan fingerprint density at radius 1 is 0.629 bits per heavy atom. The van der Waals surface area contributed by atoms with Gasteiger partial charge >= 0.3 is 11.9 Å². The summed E-state index contributed by atoms with van der Waals surface area (Å²) >= 11 is 0. The van der Waals surface area contributed by atoms with Crippen molar-refractivity contribution in [3.8, 4) is 0 Å². The van der Waals surface area contributed by atoms with E-state index < -0.39 is 11.9 Å². The molecule has 4 heteroatoms. The maximum Gasteiger partial charge on any atom is 0.307 e. The third kappa shape index (κ3) is 25.6. The van der Waals surface area contributed by atoms with Crippen molar-refractivity contribution in [2.24, 2.45) is 5.92 Å². The van der Waals surface area contributed by atoms with Crippen molar-refractivity contribution in [3.05, 3.63) is 12.2 Å². The van der Waals surface area contributed by atoms with E-state index in [9.17, 15) is 14.7 Å². The van der Waals surface area contributed by atoms with Crippen LogP contribution < -0.4 is 0 Å². The number of carbonyl (C=O) groups is 2. The van der Waals surface area contributed by atoms with Gasteiger partial charge < -0.3 is 9.84 Å². The number of carboxylic acid groups (broad SMARTS) is 1. The first-order valence-corrected chi connectivity index (χ1v) is 15.1. The zero-order valence-electron chi connectivity index (χ0n) is 23.4. The summed E-state index contributed by atoms with van der Waals surface area (Å²) in [6.45, 7) is 4.59. The number of aliphatic carboxylic acids is 1. The SMILES string of the molecule is CCCCCCCCCCCCCC/C=C/CCCCCCCCC(CC(=O)OCCC)C(=O)O. The molecule has 0 rings (SSSR count). The fourth-order valence-corrected chi connectivity index (χ4v) is 4.49. The van der Waals surface area contributed by atoms with E-state index in [4.69, 9.17) is 4.74 Å². The minimum absolute atomic E-state index is 0.000915. The molecule has 0 amide bonds. The van der Waals surface area contributed by atoms with E-state index in [1.165, 1.54) is 109 Å². The summed E-state index contributed by atoms with van der Waals surface area (Å²) in [5.74, 6) is -1.87. The molecular weight excluding hydrogens is 436 g/mol. The van der Waals surface area contributed by atoms with Gasteiger partial charge in [0.2, 0.25) is 0 Å². The number of rotatable bonds is 27. The van der Waals surface area contributed by atoms with Crippen molar-refractivity contribution in [1.29, 1.82) is 0 Å². The zero-order chi connectivity index (χ0) is 25.8. The van der Waals surface area contributed by atoms with Crippen LogP contribution in [0.15, 0.2) is 12.2 Å². The van der Waals surface area contributed by atoms with Gasteiger partial charge in [-0.15, -0.1) is 0 Å². The van der Waals surface area contributed by atoms with Crippen molar-refractivity contribution in [3.63, 3.8) is 0 Å². The Kier molecular flexibility index (Phi) is 26.2. The van der Waals surface area contributed by atoms with Crippen LogP contribution in [0.3, 0.4) is 0 Å². The smallest absolute Gasteiger partial charge is 0.307 e. The summed E-state index contributed by atoms with van der Waals surface area (Å²) in [6, 6.07) is 0. The normalized spacial score (nSPS) is 12.3. The van der Waals surface area contributed by atoms with E-state index in [0.29, 0.717) is 13.0 Å². The fourth-order valence-electron chi connectivity index (χ4n) is 4.49. The molecule has 0 aromatic rings. The highest BCUT2D eigenvalue weighted by molar-refractivity contribution is 5.78. The molecule has 1 atom stereocenters. The van der Waals surface area contributed by atoms with E-state index in [2.05, 4.69) is 19.1 Å². The lowest BCUT2D eigenvalue weighted by molar-refractivity contribution is -0.151. The van der Waals surface area contributed by atoms with Crippen LogP contribution in [0, 0.1) is 5.92 Å². The average molecular weight is 495 g/mol. The molecule has 0 aliphatic carbocycles. The van der Waals surface area contributed by atoms with E-state index >= 15 is 0 Å². The Labute approximate surface area is 217 Å². The van der Waals surface area contributed by atoms with Gasteiger partial charge in [0.25, 0.3) is 0 Å². The van der Waals surface area contributed by atoms with E-state index in [1.807, 2.05) is 6.92 Å². The monoisotopic (exact) mass is 494 g/mol. The molecule has 1 N–H and O–H groups in total. The summed E-state index contributed by atoms with van der Waals surface area (Å²) in [5, 5.41) is 9.30.